The molecule has 4 rings (SSSR count). The summed E-state index contributed by atoms with van der Waals surface area (Å²) in [7, 11) is 0. The van der Waals surface area contributed by atoms with E-state index >= 15 is 0 Å². The highest BCUT2D eigenvalue weighted by atomic mass is 16.5. The summed E-state index contributed by atoms with van der Waals surface area (Å²) in [6, 6.07) is 1.43. The Kier molecular flexibility index (Phi) is 4.61. The van der Waals surface area contributed by atoms with Gasteiger partial charge in [0.1, 0.15) is 6.61 Å². The van der Waals surface area contributed by atoms with Crippen LogP contribution in [0.5, 0.6) is 0 Å². The monoisotopic (exact) mass is 322 g/mol. The lowest BCUT2D eigenvalue weighted by atomic mass is 9.79. The summed E-state index contributed by atoms with van der Waals surface area (Å²) >= 11 is 0. The van der Waals surface area contributed by atoms with Crippen LogP contribution in [0.4, 0.5) is 0 Å². The van der Waals surface area contributed by atoms with Gasteiger partial charge in [-0.05, 0) is 44.4 Å². The number of likely N-dealkylation sites (tertiary alicyclic amines) is 1. The summed E-state index contributed by atoms with van der Waals surface area (Å²) in [5, 5.41) is 9.18. The molecule has 5 nitrogen and oxygen atoms in total. The quantitative estimate of drug-likeness (QED) is 0.853. The smallest absolute Gasteiger partial charge is 0.249 e. The molecule has 2 saturated heterocycles. The molecule has 0 bridgehead atoms. The molecule has 0 spiro atoms. The van der Waals surface area contributed by atoms with E-state index in [0.717, 1.165) is 51.6 Å². The van der Waals surface area contributed by atoms with E-state index in [1.165, 1.54) is 12.8 Å². The first-order chi connectivity index (χ1) is 11.3. The lowest BCUT2D eigenvalue weighted by molar-refractivity contribution is -0.167. The summed E-state index contributed by atoms with van der Waals surface area (Å²) in [5.41, 5.74) is 0. The molecule has 2 heterocycles. The predicted octanol–water partition coefficient (Wildman–Crippen LogP) is 1.39. The topological polar surface area (TPSA) is 53.0 Å². The van der Waals surface area contributed by atoms with E-state index < -0.39 is 0 Å². The number of carbonyl (C=O) groups excluding carboxylic acids is 1. The third-order valence-electron chi connectivity index (χ3n) is 6.61. The van der Waals surface area contributed by atoms with Crippen LogP contribution in [0.15, 0.2) is 0 Å². The van der Waals surface area contributed by atoms with Gasteiger partial charge in [0, 0.05) is 31.8 Å². The molecule has 2 aliphatic heterocycles. The highest BCUT2D eigenvalue weighted by Gasteiger charge is 2.43. The minimum atomic E-state index is 0.218. The van der Waals surface area contributed by atoms with Crippen LogP contribution in [0.25, 0.3) is 0 Å². The van der Waals surface area contributed by atoms with Gasteiger partial charge in [-0.15, -0.1) is 0 Å². The number of ether oxygens (including phenoxy) is 1. The molecule has 2 atom stereocenters. The van der Waals surface area contributed by atoms with Gasteiger partial charge in [0.05, 0.1) is 12.1 Å². The second-order valence-corrected chi connectivity index (χ2v) is 7.94. The minimum Gasteiger partial charge on any atom is -0.396 e. The molecular formula is C18H30N2O3. The Morgan fingerprint density at radius 2 is 1.78 bits per heavy atom. The molecule has 2 aliphatic carbocycles. The van der Waals surface area contributed by atoms with E-state index in [2.05, 4.69) is 9.80 Å². The van der Waals surface area contributed by atoms with Crippen molar-refractivity contribution in [3.8, 4) is 0 Å². The maximum Gasteiger partial charge on any atom is 0.249 e. The fourth-order valence-corrected chi connectivity index (χ4v) is 5.18. The Labute approximate surface area is 139 Å². The van der Waals surface area contributed by atoms with Gasteiger partial charge in [-0.2, -0.15) is 0 Å². The van der Waals surface area contributed by atoms with Gasteiger partial charge in [-0.3, -0.25) is 4.79 Å². The molecule has 0 aromatic heterocycles. The largest absolute Gasteiger partial charge is 0.396 e. The molecule has 0 aromatic rings. The number of rotatable bonds is 3. The van der Waals surface area contributed by atoms with Crippen molar-refractivity contribution in [3.05, 3.63) is 0 Å². The summed E-state index contributed by atoms with van der Waals surface area (Å²) in [5.74, 6) is 0.747. The van der Waals surface area contributed by atoms with Crippen molar-refractivity contribution in [2.24, 2.45) is 5.92 Å². The zero-order chi connectivity index (χ0) is 15.8. The third kappa shape index (κ3) is 3.03. The fourth-order valence-electron chi connectivity index (χ4n) is 5.18. The normalized spacial score (nSPS) is 39.9. The first kappa shape index (κ1) is 15.9. The lowest BCUT2D eigenvalue weighted by Gasteiger charge is -2.51. The maximum atomic E-state index is 12.5. The summed E-state index contributed by atoms with van der Waals surface area (Å²) in [6.45, 7) is 2.85. The summed E-state index contributed by atoms with van der Waals surface area (Å²) in [6.07, 6.45) is 9.54. The van der Waals surface area contributed by atoms with Crippen molar-refractivity contribution in [2.75, 3.05) is 26.3 Å². The van der Waals surface area contributed by atoms with Gasteiger partial charge in [0.15, 0.2) is 0 Å². The predicted molar refractivity (Wildman–Crippen MR) is 87.0 cm³/mol. The van der Waals surface area contributed by atoms with E-state index in [4.69, 9.17) is 4.74 Å². The van der Waals surface area contributed by atoms with Crippen molar-refractivity contribution in [1.82, 2.24) is 9.80 Å². The Hall–Kier alpha value is -0.650. The summed E-state index contributed by atoms with van der Waals surface area (Å²) < 4.78 is 5.80. The number of carbonyl (C=O) groups is 1. The fraction of sp³-hybridized carbons (Fsp3) is 0.944. The van der Waals surface area contributed by atoms with Crippen LogP contribution in [0, 0.1) is 5.92 Å². The van der Waals surface area contributed by atoms with Gasteiger partial charge in [0.2, 0.25) is 5.91 Å². The van der Waals surface area contributed by atoms with Gasteiger partial charge in [-0.25, -0.2) is 0 Å². The van der Waals surface area contributed by atoms with E-state index in [9.17, 15) is 9.90 Å². The van der Waals surface area contributed by atoms with E-state index in [0.29, 0.717) is 37.3 Å². The van der Waals surface area contributed by atoms with Gasteiger partial charge in [0.25, 0.3) is 0 Å². The number of nitrogens with zero attached hydrogens (tertiary/aromatic N) is 2. The number of hydrogen-bond donors (Lipinski definition) is 1. The first-order valence-corrected chi connectivity index (χ1v) is 9.54. The van der Waals surface area contributed by atoms with Gasteiger partial charge >= 0.3 is 0 Å². The SMILES string of the molecule is O=C1CO[C@H]2CCCC[C@@H]2N1C1CCN(C2CC(CO)C2)CC1. The van der Waals surface area contributed by atoms with Crippen LogP contribution in [0.2, 0.25) is 0 Å². The average molecular weight is 322 g/mol. The minimum absolute atomic E-state index is 0.218. The van der Waals surface area contributed by atoms with Crippen LogP contribution >= 0.6 is 0 Å². The van der Waals surface area contributed by atoms with Crippen LogP contribution in [0.1, 0.15) is 51.4 Å². The number of fused-ring (bicyclic) bond motifs is 1. The molecule has 2 saturated carbocycles. The van der Waals surface area contributed by atoms with Crippen molar-refractivity contribution in [1.29, 1.82) is 0 Å². The Morgan fingerprint density at radius 1 is 1.04 bits per heavy atom. The zero-order valence-corrected chi connectivity index (χ0v) is 14.0. The second kappa shape index (κ2) is 6.69. The molecule has 0 aromatic carbocycles. The first-order valence-electron chi connectivity index (χ1n) is 9.54. The number of piperidine rings is 1. The highest BCUT2D eigenvalue weighted by Crippen LogP contribution is 2.36. The molecule has 4 aliphatic rings. The van der Waals surface area contributed by atoms with Crippen LogP contribution in [-0.2, 0) is 9.53 Å². The number of aliphatic hydroxyl groups is 1. The number of amides is 1. The zero-order valence-electron chi connectivity index (χ0n) is 14.0. The number of aliphatic hydroxyl groups excluding tert-OH is 1. The van der Waals surface area contributed by atoms with Gasteiger partial charge < -0.3 is 19.6 Å². The Morgan fingerprint density at radius 3 is 2.52 bits per heavy atom. The molecular weight excluding hydrogens is 292 g/mol. The molecule has 0 radical (unpaired) electrons. The molecule has 1 N–H and O–H groups in total. The van der Waals surface area contributed by atoms with E-state index in [1.54, 1.807) is 0 Å². The molecule has 1 amide bonds. The van der Waals surface area contributed by atoms with Crippen LogP contribution in [0.3, 0.4) is 0 Å². The molecule has 130 valence electrons. The van der Waals surface area contributed by atoms with E-state index in [-0.39, 0.29) is 12.0 Å². The highest BCUT2D eigenvalue weighted by molar-refractivity contribution is 5.79. The number of morpholine rings is 1. The number of hydrogen-bond acceptors (Lipinski definition) is 4. The molecule has 0 unspecified atom stereocenters. The summed E-state index contributed by atoms with van der Waals surface area (Å²) in [4.78, 5) is 17.3. The lowest BCUT2D eigenvalue weighted by Crippen LogP contribution is -2.61. The maximum absolute atomic E-state index is 12.5. The average Bonchev–Trinajstić information content (AvgIpc) is 2.55. The molecule has 5 heteroatoms. The second-order valence-electron chi connectivity index (χ2n) is 7.94. The third-order valence-corrected chi connectivity index (χ3v) is 6.61. The van der Waals surface area contributed by atoms with Crippen LogP contribution in [-0.4, -0.2) is 71.3 Å². The molecule has 23 heavy (non-hydrogen) atoms. The van der Waals surface area contributed by atoms with Gasteiger partial charge in [-0.1, -0.05) is 12.8 Å². The molecule has 4 fully saturated rings. The van der Waals surface area contributed by atoms with Crippen molar-refractivity contribution in [3.63, 3.8) is 0 Å². The Balaban J connectivity index is 1.34. The van der Waals surface area contributed by atoms with E-state index in [1.807, 2.05) is 0 Å². The van der Waals surface area contributed by atoms with Crippen molar-refractivity contribution in [2.45, 2.75) is 75.6 Å². The Bertz CT molecular complexity index is 430. The van der Waals surface area contributed by atoms with Crippen molar-refractivity contribution < 1.29 is 14.6 Å². The van der Waals surface area contributed by atoms with Crippen molar-refractivity contribution >= 4 is 5.91 Å². The standard InChI is InChI=1S/C18H30N2O3/c21-11-13-9-15(10-13)19-7-5-14(6-8-19)20-16-3-1-2-4-17(16)23-12-18(20)22/h13-17,21H,1-12H2/t13?,15?,16-,17-/m0/s1. The van der Waals surface area contributed by atoms with Crippen LogP contribution < -0.4 is 0 Å².